The summed E-state index contributed by atoms with van der Waals surface area (Å²) >= 11 is 0. The molecule has 0 amide bonds. The first kappa shape index (κ1) is 10.6. The summed E-state index contributed by atoms with van der Waals surface area (Å²) in [6.07, 6.45) is 1.21. The SMILES string of the molecule is COc1cc(C)cc(CC=O)c1OC. The number of carbonyl (C=O) groups excluding carboxylic acids is 1. The van der Waals surface area contributed by atoms with Crippen LogP contribution in [0.3, 0.4) is 0 Å². The molecule has 1 rings (SSSR count). The summed E-state index contributed by atoms with van der Waals surface area (Å²) in [4.78, 5) is 10.5. The molecule has 0 spiro atoms. The monoisotopic (exact) mass is 194 g/mol. The van der Waals surface area contributed by atoms with Gasteiger partial charge in [-0.1, -0.05) is 6.07 Å². The quantitative estimate of drug-likeness (QED) is 0.685. The van der Waals surface area contributed by atoms with Crippen LogP contribution in [-0.2, 0) is 11.2 Å². The Morgan fingerprint density at radius 3 is 2.50 bits per heavy atom. The summed E-state index contributed by atoms with van der Waals surface area (Å²) in [5, 5.41) is 0. The van der Waals surface area contributed by atoms with Crippen molar-refractivity contribution >= 4 is 6.29 Å². The van der Waals surface area contributed by atoms with Gasteiger partial charge in [-0.25, -0.2) is 0 Å². The molecule has 76 valence electrons. The van der Waals surface area contributed by atoms with Crippen molar-refractivity contribution in [3.8, 4) is 11.5 Å². The number of benzene rings is 1. The maximum absolute atomic E-state index is 10.5. The molecule has 3 nitrogen and oxygen atoms in total. The van der Waals surface area contributed by atoms with Gasteiger partial charge in [0.15, 0.2) is 11.5 Å². The molecular formula is C11H14O3. The molecule has 14 heavy (non-hydrogen) atoms. The molecule has 3 heteroatoms. The van der Waals surface area contributed by atoms with E-state index in [0.29, 0.717) is 17.9 Å². The molecule has 0 aromatic heterocycles. The number of aryl methyl sites for hydroxylation is 1. The first-order valence-corrected chi connectivity index (χ1v) is 4.38. The van der Waals surface area contributed by atoms with E-state index in [1.54, 1.807) is 14.2 Å². The summed E-state index contributed by atoms with van der Waals surface area (Å²) < 4.78 is 10.4. The van der Waals surface area contributed by atoms with E-state index in [1.165, 1.54) is 0 Å². The van der Waals surface area contributed by atoms with E-state index in [9.17, 15) is 4.79 Å². The molecule has 0 saturated carbocycles. The van der Waals surface area contributed by atoms with Crippen LogP contribution in [0.5, 0.6) is 11.5 Å². The standard InChI is InChI=1S/C11H14O3/c1-8-6-9(4-5-12)11(14-3)10(7-8)13-2/h5-7H,4H2,1-3H3. The van der Waals surface area contributed by atoms with Crippen LogP contribution in [0.4, 0.5) is 0 Å². The smallest absolute Gasteiger partial charge is 0.164 e. The van der Waals surface area contributed by atoms with Crippen LogP contribution in [0.1, 0.15) is 11.1 Å². The zero-order chi connectivity index (χ0) is 10.6. The number of aldehydes is 1. The van der Waals surface area contributed by atoms with Crippen LogP contribution in [-0.4, -0.2) is 20.5 Å². The highest BCUT2D eigenvalue weighted by Crippen LogP contribution is 2.32. The van der Waals surface area contributed by atoms with Crippen molar-refractivity contribution in [1.29, 1.82) is 0 Å². The maximum Gasteiger partial charge on any atom is 0.164 e. The van der Waals surface area contributed by atoms with Gasteiger partial charge in [-0.15, -0.1) is 0 Å². The molecular weight excluding hydrogens is 180 g/mol. The molecule has 1 aromatic carbocycles. The second-order valence-corrected chi connectivity index (χ2v) is 3.03. The predicted molar refractivity (Wildman–Crippen MR) is 54.1 cm³/mol. The predicted octanol–water partition coefficient (Wildman–Crippen LogP) is 1.75. The minimum Gasteiger partial charge on any atom is -0.493 e. The van der Waals surface area contributed by atoms with Gasteiger partial charge in [0, 0.05) is 12.0 Å². The van der Waals surface area contributed by atoms with Crippen molar-refractivity contribution in [3.05, 3.63) is 23.3 Å². The highest BCUT2D eigenvalue weighted by Gasteiger charge is 2.10. The molecule has 0 saturated heterocycles. The van der Waals surface area contributed by atoms with E-state index in [2.05, 4.69) is 0 Å². The van der Waals surface area contributed by atoms with E-state index in [1.807, 2.05) is 19.1 Å². The van der Waals surface area contributed by atoms with Crippen LogP contribution < -0.4 is 9.47 Å². The average Bonchev–Trinajstić information content (AvgIpc) is 2.17. The lowest BCUT2D eigenvalue weighted by Gasteiger charge is -2.12. The van der Waals surface area contributed by atoms with Gasteiger partial charge in [0.05, 0.1) is 14.2 Å². The molecule has 0 heterocycles. The molecule has 0 aliphatic heterocycles. The van der Waals surface area contributed by atoms with Gasteiger partial charge in [-0.05, 0) is 18.6 Å². The Morgan fingerprint density at radius 2 is 2.00 bits per heavy atom. The maximum atomic E-state index is 10.5. The molecule has 0 radical (unpaired) electrons. The summed E-state index contributed by atoms with van der Waals surface area (Å²) in [5.74, 6) is 1.31. The zero-order valence-corrected chi connectivity index (χ0v) is 8.66. The van der Waals surface area contributed by atoms with E-state index < -0.39 is 0 Å². The van der Waals surface area contributed by atoms with E-state index in [4.69, 9.17) is 9.47 Å². The van der Waals surface area contributed by atoms with Crippen molar-refractivity contribution in [3.63, 3.8) is 0 Å². The van der Waals surface area contributed by atoms with E-state index in [-0.39, 0.29) is 0 Å². The lowest BCUT2D eigenvalue weighted by Crippen LogP contribution is -1.97. The van der Waals surface area contributed by atoms with Crippen molar-refractivity contribution in [2.75, 3.05) is 14.2 Å². The number of carbonyl (C=O) groups is 1. The van der Waals surface area contributed by atoms with Gasteiger partial charge in [0.25, 0.3) is 0 Å². The Bertz CT molecular complexity index is 332. The topological polar surface area (TPSA) is 35.5 Å². The molecule has 0 aliphatic rings. The van der Waals surface area contributed by atoms with Crippen molar-refractivity contribution in [1.82, 2.24) is 0 Å². The highest BCUT2D eigenvalue weighted by molar-refractivity contribution is 5.61. The molecule has 0 N–H and O–H groups in total. The van der Waals surface area contributed by atoms with Gasteiger partial charge in [0.2, 0.25) is 0 Å². The largest absolute Gasteiger partial charge is 0.493 e. The number of ether oxygens (including phenoxy) is 2. The Kier molecular flexibility index (Phi) is 3.51. The Morgan fingerprint density at radius 1 is 1.29 bits per heavy atom. The van der Waals surface area contributed by atoms with E-state index >= 15 is 0 Å². The fourth-order valence-electron chi connectivity index (χ4n) is 1.44. The minimum atomic E-state index is 0.348. The lowest BCUT2D eigenvalue weighted by atomic mass is 10.1. The van der Waals surface area contributed by atoms with Gasteiger partial charge in [0.1, 0.15) is 6.29 Å². The first-order chi connectivity index (χ1) is 6.72. The van der Waals surface area contributed by atoms with Gasteiger partial charge in [-0.2, -0.15) is 0 Å². The second-order valence-electron chi connectivity index (χ2n) is 3.03. The molecule has 0 bridgehead atoms. The average molecular weight is 194 g/mol. The third-order valence-electron chi connectivity index (χ3n) is 2.00. The Hall–Kier alpha value is -1.51. The summed E-state index contributed by atoms with van der Waals surface area (Å²) in [7, 11) is 3.16. The number of rotatable bonds is 4. The molecule has 0 aliphatic carbocycles. The third kappa shape index (κ3) is 2.05. The zero-order valence-electron chi connectivity index (χ0n) is 8.66. The van der Waals surface area contributed by atoms with Crippen LogP contribution >= 0.6 is 0 Å². The van der Waals surface area contributed by atoms with Crippen molar-refractivity contribution in [2.24, 2.45) is 0 Å². The van der Waals surface area contributed by atoms with Crippen LogP contribution in [0.15, 0.2) is 12.1 Å². The minimum absolute atomic E-state index is 0.348. The summed E-state index contributed by atoms with van der Waals surface area (Å²) in [5.41, 5.74) is 1.92. The first-order valence-electron chi connectivity index (χ1n) is 4.38. The summed E-state index contributed by atoms with van der Waals surface area (Å²) in [6.45, 7) is 1.95. The van der Waals surface area contributed by atoms with Gasteiger partial charge >= 0.3 is 0 Å². The Balaban J connectivity index is 3.23. The third-order valence-corrected chi connectivity index (χ3v) is 2.00. The second kappa shape index (κ2) is 4.65. The number of hydrogen-bond acceptors (Lipinski definition) is 3. The van der Waals surface area contributed by atoms with Gasteiger partial charge < -0.3 is 14.3 Å². The molecule has 1 aromatic rings. The van der Waals surface area contributed by atoms with Crippen molar-refractivity contribution in [2.45, 2.75) is 13.3 Å². The molecule has 0 atom stereocenters. The van der Waals surface area contributed by atoms with E-state index in [0.717, 1.165) is 17.4 Å². The highest BCUT2D eigenvalue weighted by atomic mass is 16.5. The van der Waals surface area contributed by atoms with Crippen molar-refractivity contribution < 1.29 is 14.3 Å². The van der Waals surface area contributed by atoms with Gasteiger partial charge in [-0.3, -0.25) is 0 Å². The van der Waals surface area contributed by atoms with Crippen LogP contribution in [0.2, 0.25) is 0 Å². The summed E-state index contributed by atoms with van der Waals surface area (Å²) in [6, 6.07) is 3.81. The number of methoxy groups -OCH3 is 2. The normalized spacial score (nSPS) is 9.64. The lowest BCUT2D eigenvalue weighted by molar-refractivity contribution is -0.107. The molecule has 0 fully saturated rings. The van der Waals surface area contributed by atoms with Crippen LogP contribution in [0, 0.1) is 6.92 Å². The van der Waals surface area contributed by atoms with Crippen LogP contribution in [0.25, 0.3) is 0 Å². The molecule has 0 unspecified atom stereocenters. The fourth-order valence-corrected chi connectivity index (χ4v) is 1.44. The number of hydrogen-bond donors (Lipinski definition) is 0. The Labute approximate surface area is 83.6 Å². The fraction of sp³-hybridized carbons (Fsp3) is 0.364.